The van der Waals surface area contributed by atoms with E-state index in [2.05, 4.69) is 11.9 Å². The smallest absolute Gasteiger partial charge is 0.308 e. The highest BCUT2D eigenvalue weighted by Gasteiger charge is 2.25. The molecule has 1 aliphatic rings. The summed E-state index contributed by atoms with van der Waals surface area (Å²) in [6.45, 7) is 4.04. The van der Waals surface area contributed by atoms with E-state index in [1.54, 1.807) is 18.0 Å². The van der Waals surface area contributed by atoms with Crippen molar-refractivity contribution in [2.24, 2.45) is 5.92 Å². The number of rotatable bonds is 6. The number of benzene rings is 1. The van der Waals surface area contributed by atoms with Gasteiger partial charge in [-0.2, -0.15) is 0 Å². The molecule has 1 aromatic carbocycles. The highest BCUT2D eigenvalue weighted by molar-refractivity contribution is 5.81. The number of para-hydroxylation sites is 1. The molecule has 3 rings (SSSR count). The molecule has 0 spiro atoms. The summed E-state index contributed by atoms with van der Waals surface area (Å²) < 4.78 is 6.54. The second-order valence-corrected chi connectivity index (χ2v) is 8.04. The van der Waals surface area contributed by atoms with Crippen LogP contribution in [0.15, 0.2) is 29.3 Å². The summed E-state index contributed by atoms with van der Waals surface area (Å²) in [5.41, 5.74) is 1.41. The summed E-state index contributed by atoms with van der Waals surface area (Å²) in [6, 6.07) is 5.67. The van der Waals surface area contributed by atoms with Gasteiger partial charge in [-0.25, -0.2) is 4.98 Å². The van der Waals surface area contributed by atoms with Crippen LogP contribution in [0.3, 0.4) is 0 Å². The van der Waals surface area contributed by atoms with E-state index in [9.17, 15) is 14.4 Å². The maximum atomic E-state index is 12.6. The number of hydrogen-bond acceptors (Lipinski definition) is 5. The van der Waals surface area contributed by atoms with Gasteiger partial charge in [-0.15, -0.1) is 0 Å². The van der Waals surface area contributed by atoms with Crippen LogP contribution in [0, 0.1) is 12.8 Å². The van der Waals surface area contributed by atoms with Gasteiger partial charge >= 0.3 is 5.97 Å². The summed E-state index contributed by atoms with van der Waals surface area (Å²) in [7, 11) is 1.78. The highest BCUT2D eigenvalue weighted by Crippen LogP contribution is 2.26. The number of hydrogen-bond donors (Lipinski definition) is 0. The number of carbonyl (C=O) groups is 2. The van der Waals surface area contributed by atoms with Crippen molar-refractivity contribution in [3.05, 3.63) is 40.4 Å². The molecule has 1 amide bonds. The van der Waals surface area contributed by atoms with Gasteiger partial charge in [0.1, 0.15) is 0 Å². The van der Waals surface area contributed by atoms with Crippen LogP contribution in [0.2, 0.25) is 0 Å². The molecule has 0 N–H and O–H groups in total. The van der Waals surface area contributed by atoms with Crippen LogP contribution in [-0.2, 0) is 20.9 Å². The van der Waals surface area contributed by atoms with Crippen molar-refractivity contribution in [2.45, 2.75) is 58.5 Å². The summed E-state index contributed by atoms with van der Waals surface area (Å²) in [5, 5.41) is 0.527. The maximum absolute atomic E-state index is 12.6. The Labute approximate surface area is 170 Å². The van der Waals surface area contributed by atoms with E-state index < -0.39 is 5.97 Å². The molecular weight excluding hydrogens is 370 g/mol. The van der Waals surface area contributed by atoms with Crippen molar-refractivity contribution in [1.82, 2.24) is 14.5 Å². The van der Waals surface area contributed by atoms with Crippen molar-refractivity contribution < 1.29 is 14.3 Å². The van der Waals surface area contributed by atoms with E-state index in [1.165, 1.54) is 10.9 Å². The third kappa shape index (κ3) is 5.02. The Kier molecular flexibility index (Phi) is 6.67. The van der Waals surface area contributed by atoms with E-state index >= 15 is 0 Å². The van der Waals surface area contributed by atoms with Gasteiger partial charge < -0.3 is 9.64 Å². The first-order valence-corrected chi connectivity index (χ1v) is 10.2. The fraction of sp³-hybridized carbons (Fsp3) is 0.545. The number of aromatic nitrogens is 2. The van der Waals surface area contributed by atoms with Gasteiger partial charge in [-0.05, 0) is 50.2 Å². The number of likely N-dealkylation sites (N-methyl/N-ethyl adjacent to an activating group) is 1. The van der Waals surface area contributed by atoms with Crippen LogP contribution in [0.25, 0.3) is 10.9 Å². The van der Waals surface area contributed by atoms with Crippen LogP contribution in [0.1, 0.15) is 44.6 Å². The molecule has 2 aromatic rings. The molecule has 1 fully saturated rings. The molecule has 1 heterocycles. The molecule has 0 bridgehead atoms. The van der Waals surface area contributed by atoms with Crippen molar-refractivity contribution in [3.63, 3.8) is 0 Å². The molecule has 0 unspecified atom stereocenters. The number of amides is 1. The summed E-state index contributed by atoms with van der Waals surface area (Å²) in [5.74, 6) is 0.0302. The largest absolute Gasteiger partial charge is 0.456 e. The number of aryl methyl sites for hydroxylation is 2. The van der Waals surface area contributed by atoms with Gasteiger partial charge in [0, 0.05) is 19.6 Å². The van der Waals surface area contributed by atoms with Crippen molar-refractivity contribution in [2.75, 3.05) is 13.7 Å². The Morgan fingerprint density at radius 2 is 1.97 bits per heavy atom. The fourth-order valence-electron chi connectivity index (χ4n) is 3.86. The minimum absolute atomic E-state index is 0.0108. The molecule has 1 saturated carbocycles. The number of esters is 1. The first-order chi connectivity index (χ1) is 13.9. The number of carbonyl (C=O) groups excluding carboxylic acids is 2. The molecule has 0 atom stereocenters. The zero-order valence-electron chi connectivity index (χ0n) is 17.4. The molecule has 1 aromatic heterocycles. The normalized spacial score (nSPS) is 19.1. The zero-order valence-corrected chi connectivity index (χ0v) is 17.4. The first kappa shape index (κ1) is 21.0. The summed E-state index contributed by atoms with van der Waals surface area (Å²) in [4.78, 5) is 43.0. The van der Waals surface area contributed by atoms with E-state index in [4.69, 9.17) is 4.74 Å². The lowest BCUT2D eigenvalue weighted by atomic mass is 9.87. The van der Waals surface area contributed by atoms with Gasteiger partial charge in [0.25, 0.3) is 11.5 Å². The number of nitrogens with zero attached hydrogens (tertiary/aromatic N) is 3. The third-order valence-electron chi connectivity index (χ3n) is 5.90. The van der Waals surface area contributed by atoms with Crippen molar-refractivity contribution >= 4 is 22.8 Å². The Balaban J connectivity index is 1.50. The van der Waals surface area contributed by atoms with Crippen molar-refractivity contribution in [3.8, 4) is 0 Å². The Bertz CT molecular complexity index is 945. The predicted octanol–water partition coefficient (Wildman–Crippen LogP) is 2.68. The lowest BCUT2D eigenvalue weighted by Crippen LogP contribution is -2.41. The average molecular weight is 399 g/mol. The third-order valence-corrected chi connectivity index (χ3v) is 5.90. The van der Waals surface area contributed by atoms with Gasteiger partial charge in [0.2, 0.25) is 0 Å². The van der Waals surface area contributed by atoms with E-state index in [-0.39, 0.29) is 37.1 Å². The number of ether oxygens (including phenoxy) is 1. The maximum Gasteiger partial charge on any atom is 0.308 e. The second-order valence-electron chi connectivity index (χ2n) is 8.04. The molecule has 1 aliphatic carbocycles. The van der Waals surface area contributed by atoms with Crippen LogP contribution in [-0.4, -0.2) is 46.0 Å². The predicted molar refractivity (Wildman–Crippen MR) is 111 cm³/mol. The molecule has 0 saturated heterocycles. The lowest BCUT2D eigenvalue weighted by Gasteiger charge is -2.33. The summed E-state index contributed by atoms with van der Waals surface area (Å²) in [6.07, 6.45) is 5.69. The topological polar surface area (TPSA) is 81.5 Å². The lowest BCUT2D eigenvalue weighted by molar-refractivity contribution is -0.152. The van der Waals surface area contributed by atoms with Crippen LogP contribution in [0.5, 0.6) is 0 Å². The molecule has 29 heavy (non-hydrogen) atoms. The fourth-order valence-corrected chi connectivity index (χ4v) is 3.86. The number of fused-ring (bicyclic) bond motifs is 1. The first-order valence-electron chi connectivity index (χ1n) is 10.2. The second kappa shape index (κ2) is 9.20. The van der Waals surface area contributed by atoms with Crippen LogP contribution >= 0.6 is 0 Å². The minimum Gasteiger partial charge on any atom is -0.456 e. The molecule has 7 nitrogen and oxygen atoms in total. The van der Waals surface area contributed by atoms with Gasteiger partial charge in [0.05, 0.1) is 23.7 Å². The van der Waals surface area contributed by atoms with Gasteiger partial charge in [-0.1, -0.05) is 19.1 Å². The Hall–Kier alpha value is -2.70. The SMILES string of the molecule is Cc1cccc2c(=O)n(CCC(=O)OCC(=O)N(C)C3CCC(C)CC3)cnc12. The average Bonchev–Trinajstić information content (AvgIpc) is 2.72. The molecule has 156 valence electrons. The monoisotopic (exact) mass is 399 g/mol. The van der Waals surface area contributed by atoms with E-state index in [0.717, 1.165) is 31.2 Å². The Morgan fingerprint density at radius 1 is 1.24 bits per heavy atom. The van der Waals surface area contributed by atoms with Crippen LogP contribution in [0.4, 0.5) is 0 Å². The van der Waals surface area contributed by atoms with Gasteiger partial charge in [0.15, 0.2) is 6.61 Å². The highest BCUT2D eigenvalue weighted by atomic mass is 16.5. The molecule has 0 radical (unpaired) electrons. The molecule has 7 heteroatoms. The molecular formula is C22H29N3O4. The van der Waals surface area contributed by atoms with Crippen molar-refractivity contribution in [1.29, 1.82) is 0 Å². The van der Waals surface area contributed by atoms with E-state index in [0.29, 0.717) is 16.8 Å². The van der Waals surface area contributed by atoms with Crippen LogP contribution < -0.4 is 5.56 Å². The van der Waals surface area contributed by atoms with Gasteiger partial charge in [-0.3, -0.25) is 19.0 Å². The zero-order chi connectivity index (χ0) is 21.0. The minimum atomic E-state index is -0.500. The standard InChI is InChI=1S/C22H29N3O4/c1-15-7-9-17(10-8-15)24(3)19(26)13-29-20(27)11-12-25-14-23-21-16(2)5-4-6-18(21)22(25)28/h4-6,14-15,17H,7-13H2,1-3H3. The van der Waals surface area contributed by atoms with E-state index in [1.807, 2.05) is 19.1 Å². The summed E-state index contributed by atoms with van der Waals surface area (Å²) >= 11 is 0. The Morgan fingerprint density at radius 3 is 2.69 bits per heavy atom. The molecule has 0 aliphatic heterocycles. The quantitative estimate of drug-likeness (QED) is 0.698.